The maximum atomic E-state index is 4.41. The van der Waals surface area contributed by atoms with Crippen molar-refractivity contribution in [1.29, 1.82) is 0 Å². The third-order valence-corrected chi connectivity index (χ3v) is 5.24. The van der Waals surface area contributed by atoms with Crippen molar-refractivity contribution in [2.75, 3.05) is 0 Å². The number of hydrogen-bond donors (Lipinski definition) is 0. The zero-order valence-electron chi connectivity index (χ0n) is 14.0. The maximum absolute atomic E-state index is 4.41. The summed E-state index contributed by atoms with van der Waals surface area (Å²) >= 11 is 6.68. The molecule has 130 valence electrons. The summed E-state index contributed by atoms with van der Waals surface area (Å²) in [5, 5.41) is 2.37. The highest BCUT2D eigenvalue weighted by molar-refractivity contribution is 9.11. The van der Waals surface area contributed by atoms with E-state index in [1.54, 1.807) is 0 Å². The normalized spacial score (nSPS) is 11.3. The molecule has 5 aromatic rings. The lowest BCUT2D eigenvalue weighted by Gasteiger charge is -2.07. The summed E-state index contributed by atoms with van der Waals surface area (Å²) in [6.45, 7) is 0. The second-order valence-electron chi connectivity index (χ2n) is 6.12. The minimum Gasteiger partial charge on any atom is -0.309 e. The second kappa shape index (κ2) is 6.55. The smallest absolute Gasteiger partial charge is 0.201 e. The van der Waals surface area contributed by atoms with Crippen molar-refractivity contribution in [3.05, 3.63) is 82.3 Å². The van der Waals surface area contributed by atoms with Crippen LogP contribution in [0.15, 0.2) is 82.3 Å². The molecule has 3 aromatic carbocycles. The quantitative estimate of drug-likeness (QED) is 0.304. The molecule has 6 heteroatoms. The number of aromatic nitrogens is 4. The summed E-state index contributed by atoms with van der Waals surface area (Å²) in [5.74, 6) is 0.627. The number of fused-ring (bicyclic) bond motifs is 3. The molecule has 0 spiro atoms. The van der Waals surface area contributed by atoms with Crippen LogP contribution in [0.2, 0.25) is 0 Å². The molecule has 0 fully saturated rings. The zero-order valence-corrected chi connectivity index (χ0v) is 17.1. The summed E-state index contributed by atoms with van der Waals surface area (Å²) in [7, 11) is 0. The average Bonchev–Trinajstić information content (AvgIpc) is 3.01. The minimum atomic E-state index is 0.506. The highest BCUT2D eigenvalue weighted by Crippen LogP contribution is 2.34. The molecule has 0 radical (unpaired) electrons. The summed E-state index contributed by atoms with van der Waals surface area (Å²) < 4.78 is 3.30. The van der Waals surface area contributed by atoms with Crippen LogP contribution in [0.5, 0.6) is 0 Å². The molecule has 0 bridgehead atoms. The lowest BCUT2D eigenvalue weighted by atomic mass is 10.1. The molecule has 0 unspecified atom stereocenters. The Morgan fingerprint density at radius 1 is 0.630 bits per heavy atom. The van der Waals surface area contributed by atoms with E-state index >= 15 is 0 Å². The van der Waals surface area contributed by atoms with Gasteiger partial charge in [0.2, 0.25) is 9.47 Å². The van der Waals surface area contributed by atoms with Gasteiger partial charge in [0, 0.05) is 22.0 Å². The lowest BCUT2D eigenvalue weighted by Crippen LogP contribution is -1.95. The van der Waals surface area contributed by atoms with Gasteiger partial charge in [0.05, 0.1) is 11.0 Å². The molecule has 0 N–H and O–H groups in total. The Bertz CT molecular complexity index is 1280. The number of hydrogen-bond acceptors (Lipinski definition) is 3. The Hall–Kier alpha value is -2.57. The molecule has 2 aromatic heterocycles. The predicted molar refractivity (Wildman–Crippen MR) is 115 cm³/mol. The third-order valence-electron chi connectivity index (χ3n) is 4.53. The van der Waals surface area contributed by atoms with Gasteiger partial charge in [-0.1, -0.05) is 36.4 Å². The van der Waals surface area contributed by atoms with Crippen molar-refractivity contribution in [1.82, 2.24) is 19.5 Å². The summed E-state index contributed by atoms with van der Waals surface area (Å²) in [6, 6.07) is 25.2. The van der Waals surface area contributed by atoms with Gasteiger partial charge in [0.15, 0.2) is 5.82 Å². The molecule has 5 rings (SSSR count). The molecule has 0 aliphatic heterocycles. The van der Waals surface area contributed by atoms with Crippen molar-refractivity contribution in [3.8, 4) is 17.1 Å². The van der Waals surface area contributed by atoms with Gasteiger partial charge in [-0.15, -0.1) is 0 Å². The average molecular weight is 480 g/mol. The van der Waals surface area contributed by atoms with E-state index in [4.69, 9.17) is 0 Å². The van der Waals surface area contributed by atoms with Gasteiger partial charge < -0.3 is 4.57 Å². The first-order valence-corrected chi connectivity index (χ1v) is 9.95. The van der Waals surface area contributed by atoms with Gasteiger partial charge in [-0.25, -0.2) is 9.97 Å². The van der Waals surface area contributed by atoms with E-state index in [2.05, 4.69) is 118 Å². The van der Waals surface area contributed by atoms with E-state index in [1.165, 1.54) is 16.3 Å². The largest absolute Gasteiger partial charge is 0.309 e. The SMILES string of the molecule is Brc1nc(Br)nc(-c2ccc3c(c2)c2ccccc2n3-c2ccccc2)n1. The van der Waals surface area contributed by atoms with Crippen LogP contribution in [0, 0.1) is 0 Å². The summed E-state index contributed by atoms with van der Waals surface area (Å²) in [5.41, 5.74) is 4.41. The molecule has 0 atom stereocenters. The highest BCUT2D eigenvalue weighted by atomic mass is 79.9. The monoisotopic (exact) mass is 478 g/mol. The fourth-order valence-corrected chi connectivity index (χ4v) is 4.33. The molecule has 27 heavy (non-hydrogen) atoms. The predicted octanol–water partition coefficient (Wildman–Crippen LogP) is 6.16. The lowest BCUT2D eigenvalue weighted by molar-refractivity contribution is 0.984. The zero-order chi connectivity index (χ0) is 18.4. The fraction of sp³-hybridized carbons (Fsp3) is 0. The molecule has 2 heterocycles. The van der Waals surface area contributed by atoms with E-state index in [9.17, 15) is 0 Å². The highest BCUT2D eigenvalue weighted by Gasteiger charge is 2.14. The van der Waals surface area contributed by atoms with Crippen LogP contribution < -0.4 is 0 Å². The van der Waals surface area contributed by atoms with Gasteiger partial charge >= 0.3 is 0 Å². The van der Waals surface area contributed by atoms with E-state index in [1.807, 2.05) is 6.07 Å². The van der Waals surface area contributed by atoms with E-state index in [0.29, 0.717) is 15.3 Å². The van der Waals surface area contributed by atoms with E-state index in [-0.39, 0.29) is 0 Å². The van der Waals surface area contributed by atoms with Crippen LogP contribution in [0.25, 0.3) is 38.9 Å². The molecule has 0 saturated heterocycles. The number of para-hydroxylation sites is 2. The molecule has 4 nitrogen and oxygen atoms in total. The molecule has 0 aliphatic carbocycles. The van der Waals surface area contributed by atoms with Gasteiger partial charge in [0.25, 0.3) is 0 Å². The van der Waals surface area contributed by atoms with Crippen LogP contribution in [0.1, 0.15) is 0 Å². The Labute approximate surface area is 172 Å². The topological polar surface area (TPSA) is 43.6 Å². The first-order chi connectivity index (χ1) is 13.2. The van der Waals surface area contributed by atoms with Crippen LogP contribution >= 0.6 is 31.9 Å². The Morgan fingerprint density at radius 3 is 2.07 bits per heavy atom. The van der Waals surface area contributed by atoms with Crippen LogP contribution in [0.3, 0.4) is 0 Å². The van der Waals surface area contributed by atoms with Crippen molar-refractivity contribution in [3.63, 3.8) is 0 Å². The Kier molecular flexibility index (Phi) is 4.02. The van der Waals surface area contributed by atoms with Crippen molar-refractivity contribution >= 4 is 53.7 Å². The van der Waals surface area contributed by atoms with Gasteiger partial charge in [0.1, 0.15) is 0 Å². The van der Waals surface area contributed by atoms with E-state index in [0.717, 1.165) is 16.8 Å². The van der Waals surface area contributed by atoms with Crippen LogP contribution in [-0.4, -0.2) is 19.5 Å². The van der Waals surface area contributed by atoms with Crippen molar-refractivity contribution in [2.45, 2.75) is 0 Å². The molecule has 0 aliphatic rings. The summed E-state index contributed by atoms with van der Waals surface area (Å²) in [4.78, 5) is 13.0. The number of rotatable bonds is 2. The standard InChI is InChI=1S/C21H12Br2N4/c22-20-24-19(25-21(23)26-20)13-10-11-18-16(12-13)15-8-4-5-9-17(15)27(18)14-6-2-1-3-7-14/h1-12H. The van der Waals surface area contributed by atoms with Crippen molar-refractivity contribution in [2.24, 2.45) is 0 Å². The summed E-state index contributed by atoms with van der Waals surface area (Å²) in [6.07, 6.45) is 0. The van der Waals surface area contributed by atoms with Gasteiger partial charge in [-0.2, -0.15) is 4.98 Å². The van der Waals surface area contributed by atoms with Crippen LogP contribution in [-0.2, 0) is 0 Å². The first-order valence-electron chi connectivity index (χ1n) is 8.37. The second-order valence-corrected chi connectivity index (χ2v) is 7.54. The molecular formula is C21H12Br2N4. The molecule has 0 amide bonds. The fourth-order valence-electron chi connectivity index (χ4n) is 3.42. The third kappa shape index (κ3) is 2.85. The van der Waals surface area contributed by atoms with E-state index < -0.39 is 0 Å². The number of benzene rings is 3. The van der Waals surface area contributed by atoms with Gasteiger partial charge in [-0.05, 0) is 68.3 Å². The first kappa shape index (κ1) is 16.6. The van der Waals surface area contributed by atoms with Gasteiger partial charge in [-0.3, -0.25) is 0 Å². The Balaban J connectivity index is 1.83. The number of halogens is 2. The maximum Gasteiger partial charge on any atom is 0.201 e. The molecule has 0 saturated carbocycles. The van der Waals surface area contributed by atoms with Crippen molar-refractivity contribution < 1.29 is 0 Å². The Morgan fingerprint density at radius 2 is 1.30 bits per heavy atom. The minimum absolute atomic E-state index is 0.506. The van der Waals surface area contributed by atoms with Crippen LogP contribution in [0.4, 0.5) is 0 Å². The number of nitrogens with zero attached hydrogens (tertiary/aromatic N) is 4. The molecular weight excluding hydrogens is 468 g/mol.